The van der Waals surface area contributed by atoms with Crippen LogP contribution in [0.15, 0.2) is 90.0 Å². The number of thiocarbonyl (C=S) groups is 1. The first-order valence-electron chi connectivity index (χ1n) is 10.4. The molecule has 4 nitrogen and oxygen atoms in total. The third-order valence-electron chi connectivity index (χ3n) is 5.28. The second kappa shape index (κ2) is 9.76. The van der Waals surface area contributed by atoms with Gasteiger partial charge < -0.3 is 0 Å². The van der Waals surface area contributed by atoms with E-state index in [0.29, 0.717) is 25.8 Å². The molecular formula is C26H17Cl2N3OS2. The third kappa shape index (κ3) is 4.68. The topological polar surface area (TPSA) is 38.1 Å². The minimum atomic E-state index is -0.145. The normalized spacial score (nSPS) is 14.9. The average Bonchev–Trinajstić information content (AvgIpc) is 3.36. The molecular weight excluding hydrogens is 505 g/mol. The Bertz CT molecular complexity index is 1420. The molecule has 8 heteroatoms. The van der Waals surface area contributed by atoms with Crippen molar-refractivity contribution in [3.63, 3.8) is 0 Å². The van der Waals surface area contributed by atoms with E-state index >= 15 is 0 Å². The van der Waals surface area contributed by atoms with Crippen molar-refractivity contribution >= 4 is 69.2 Å². The van der Waals surface area contributed by atoms with Gasteiger partial charge in [0.15, 0.2) is 4.32 Å². The summed E-state index contributed by atoms with van der Waals surface area (Å²) in [7, 11) is 0. The minimum Gasteiger partial charge on any atom is -0.268 e. The molecule has 0 aliphatic carbocycles. The van der Waals surface area contributed by atoms with E-state index < -0.39 is 0 Å². The first kappa shape index (κ1) is 22.9. The van der Waals surface area contributed by atoms with E-state index in [1.807, 2.05) is 83.7 Å². The van der Waals surface area contributed by atoms with Gasteiger partial charge in [0.25, 0.3) is 5.91 Å². The lowest BCUT2D eigenvalue weighted by Gasteiger charge is -2.13. The molecule has 1 aromatic heterocycles. The van der Waals surface area contributed by atoms with E-state index in [4.69, 9.17) is 40.5 Å². The monoisotopic (exact) mass is 521 g/mol. The molecule has 0 unspecified atom stereocenters. The number of anilines is 1. The standard InChI is InChI=1S/C26H17Cl2N3OS2/c27-20-12-11-18(22(28)14-20)15-30-16-19(24(29-30)17-7-3-1-4-8-17)13-23-25(32)31(26(33)34-23)21-9-5-2-6-10-21/h1-14,16H,15H2/b23-13+. The molecule has 5 rings (SSSR count). The summed E-state index contributed by atoms with van der Waals surface area (Å²) in [5.41, 5.74) is 4.20. The fraction of sp³-hybridized carbons (Fsp3) is 0.0385. The van der Waals surface area contributed by atoms with E-state index in [1.54, 1.807) is 17.0 Å². The molecule has 2 heterocycles. The lowest BCUT2D eigenvalue weighted by atomic mass is 10.1. The molecule has 34 heavy (non-hydrogen) atoms. The Balaban J connectivity index is 1.53. The van der Waals surface area contributed by atoms with Crippen LogP contribution in [0.5, 0.6) is 0 Å². The lowest BCUT2D eigenvalue weighted by Crippen LogP contribution is -2.27. The molecule has 1 aliphatic rings. The van der Waals surface area contributed by atoms with Gasteiger partial charge in [0.2, 0.25) is 0 Å². The number of para-hydroxylation sites is 1. The van der Waals surface area contributed by atoms with Crippen LogP contribution in [-0.2, 0) is 11.3 Å². The second-order valence-electron chi connectivity index (χ2n) is 7.59. The fourth-order valence-corrected chi connectivity index (χ4v) is 5.43. The molecule has 1 saturated heterocycles. The zero-order chi connectivity index (χ0) is 23.7. The molecule has 0 N–H and O–H groups in total. The molecule has 3 aromatic carbocycles. The first-order chi connectivity index (χ1) is 16.5. The van der Waals surface area contributed by atoms with Crippen molar-refractivity contribution in [2.24, 2.45) is 0 Å². The zero-order valence-electron chi connectivity index (χ0n) is 17.7. The Kier molecular flexibility index (Phi) is 6.57. The highest BCUT2D eigenvalue weighted by atomic mass is 35.5. The molecule has 4 aromatic rings. The molecule has 1 aliphatic heterocycles. The summed E-state index contributed by atoms with van der Waals surface area (Å²) in [6.07, 6.45) is 3.78. The molecule has 0 radical (unpaired) electrons. The van der Waals surface area contributed by atoms with Crippen molar-refractivity contribution in [1.29, 1.82) is 0 Å². The van der Waals surface area contributed by atoms with Gasteiger partial charge in [-0.1, -0.05) is 102 Å². The summed E-state index contributed by atoms with van der Waals surface area (Å²) in [5.74, 6) is -0.145. The summed E-state index contributed by atoms with van der Waals surface area (Å²) in [6, 6.07) is 24.7. The van der Waals surface area contributed by atoms with E-state index in [1.165, 1.54) is 11.8 Å². The van der Waals surface area contributed by atoms with Crippen LogP contribution in [0.3, 0.4) is 0 Å². The molecule has 0 bridgehead atoms. The number of amides is 1. The number of halogens is 2. The highest BCUT2D eigenvalue weighted by Crippen LogP contribution is 2.37. The van der Waals surface area contributed by atoms with Crippen molar-refractivity contribution in [3.8, 4) is 11.3 Å². The summed E-state index contributed by atoms with van der Waals surface area (Å²) in [6.45, 7) is 0.467. The number of nitrogens with zero attached hydrogens (tertiary/aromatic N) is 3. The summed E-state index contributed by atoms with van der Waals surface area (Å²) in [4.78, 5) is 15.3. The van der Waals surface area contributed by atoms with Crippen molar-refractivity contribution in [1.82, 2.24) is 9.78 Å². The Hall–Kier alpha value is -2.90. The van der Waals surface area contributed by atoms with Gasteiger partial charge in [-0.2, -0.15) is 5.10 Å². The Labute approximate surface area is 216 Å². The van der Waals surface area contributed by atoms with Crippen LogP contribution in [0.1, 0.15) is 11.1 Å². The van der Waals surface area contributed by atoms with E-state index in [2.05, 4.69) is 0 Å². The molecule has 0 saturated carbocycles. The molecule has 1 amide bonds. The number of carbonyl (C=O) groups excluding carboxylic acids is 1. The van der Waals surface area contributed by atoms with E-state index in [-0.39, 0.29) is 5.91 Å². The van der Waals surface area contributed by atoms with Gasteiger partial charge in [-0.25, -0.2) is 0 Å². The maximum atomic E-state index is 13.2. The maximum absolute atomic E-state index is 13.2. The van der Waals surface area contributed by atoms with Crippen molar-refractivity contribution in [2.45, 2.75) is 6.54 Å². The highest BCUT2D eigenvalue weighted by Gasteiger charge is 2.33. The van der Waals surface area contributed by atoms with Crippen molar-refractivity contribution in [2.75, 3.05) is 4.90 Å². The van der Waals surface area contributed by atoms with E-state index in [9.17, 15) is 4.79 Å². The van der Waals surface area contributed by atoms with Crippen LogP contribution in [-0.4, -0.2) is 20.0 Å². The van der Waals surface area contributed by atoms with Crippen molar-refractivity contribution < 1.29 is 4.79 Å². The maximum Gasteiger partial charge on any atom is 0.270 e. The smallest absolute Gasteiger partial charge is 0.268 e. The van der Waals surface area contributed by atoms with Crippen LogP contribution in [0.4, 0.5) is 5.69 Å². The number of aromatic nitrogens is 2. The van der Waals surface area contributed by atoms with Gasteiger partial charge in [0.1, 0.15) is 0 Å². The number of rotatable bonds is 5. The molecule has 0 atom stereocenters. The predicted octanol–water partition coefficient (Wildman–Crippen LogP) is 7.31. The zero-order valence-corrected chi connectivity index (χ0v) is 20.8. The summed E-state index contributed by atoms with van der Waals surface area (Å²) in [5, 5.41) is 5.98. The van der Waals surface area contributed by atoms with Gasteiger partial charge in [-0.3, -0.25) is 14.4 Å². The fourth-order valence-electron chi connectivity index (χ4n) is 3.68. The van der Waals surface area contributed by atoms with E-state index in [0.717, 1.165) is 28.1 Å². The average molecular weight is 522 g/mol. The summed E-state index contributed by atoms with van der Waals surface area (Å²) < 4.78 is 2.32. The minimum absolute atomic E-state index is 0.145. The number of hydrogen-bond acceptors (Lipinski definition) is 4. The van der Waals surface area contributed by atoms with Gasteiger partial charge in [-0.15, -0.1) is 0 Å². The molecule has 1 fully saturated rings. The van der Waals surface area contributed by atoms with Crippen LogP contribution >= 0.6 is 47.2 Å². The van der Waals surface area contributed by atoms with Crippen LogP contribution in [0, 0.1) is 0 Å². The number of benzene rings is 3. The third-order valence-corrected chi connectivity index (χ3v) is 7.17. The Morgan fingerprint density at radius 2 is 1.68 bits per heavy atom. The Morgan fingerprint density at radius 1 is 0.971 bits per heavy atom. The lowest BCUT2D eigenvalue weighted by molar-refractivity contribution is -0.113. The molecule has 0 spiro atoms. The van der Waals surface area contributed by atoms with Crippen LogP contribution < -0.4 is 4.90 Å². The van der Waals surface area contributed by atoms with Crippen LogP contribution in [0.2, 0.25) is 10.0 Å². The largest absolute Gasteiger partial charge is 0.270 e. The second-order valence-corrected chi connectivity index (χ2v) is 10.1. The number of thioether (sulfide) groups is 1. The quantitative estimate of drug-likeness (QED) is 0.204. The van der Waals surface area contributed by atoms with Crippen molar-refractivity contribution in [3.05, 3.63) is 111 Å². The van der Waals surface area contributed by atoms with Crippen LogP contribution in [0.25, 0.3) is 17.3 Å². The predicted molar refractivity (Wildman–Crippen MR) is 145 cm³/mol. The number of hydrogen-bond donors (Lipinski definition) is 0. The van der Waals surface area contributed by atoms with Gasteiger partial charge in [0, 0.05) is 27.4 Å². The van der Waals surface area contributed by atoms with Gasteiger partial charge in [-0.05, 0) is 35.9 Å². The Morgan fingerprint density at radius 3 is 2.38 bits per heavy atom. The van der Waals surface area contributed by atoms with Gasteiger partial charge in [0.05, 0.1) is 22.8 Å². The highest BCUT2D eigenvalue weighted by molar-refractivity contribution is 8.27. The molecule has 168 valence electrons. The SMILES string of the molecule is O=C1/C(=C\c2cn(Cc3ccc(Cl)cc3Cl)nc2-c2ccccc2)SC(=S)N1c1ccccc1. The summed E-state index contributed by atoms with van der Waals surface area (Å²) >= 11 is 19.2. The number of carbonyl (C=O) groups is 1. The first-order valence-corrected chi connectivity index (χ1v) is 12.4. The van der Waals surface area contributed by atoms with Gasteiger partial charge >= 0.3 is 0 Å².